The van der Waals surface area contributed by atoms with E-state index in [1.807, 2.05) is 0 Å². The Morgan fingerprint density at radius 2 is 2.44 bits per heavy atom. The van der Waals surface area contributed by atoms with Gasteiger partial charge in [-0.3, -0.25) is 4.79 Å². The standard InChI is InChI=1S/C11H11ClN2OS/c1-8(15)16-5-3-2-4-9-6-10(13)11(12)14-7-9/h6-7H,3,5,13H2,1H3. The Labute approximate surface area is 104 Å². The second-order valence-electron chi connectivity index (χ2n) is 3.00. The fourth-order valence-electron chi connectivity index (χ4n) is 0.944. The number of pyridine rings is 1. The molecule has 0 saturated heterocycles. The summed E-state index contributed by atoms with van der Waals surface area (Å²) in [6.07, 6.45) is 2.23. The van der Waals surface area contributed by atoms with Gasteiger partial charge in [0.25, 0.3) is 0 Å². The van der Waals surface area contributed by atoms with Gasteiger partial charge in [0.05, 0.1) is 5.69 Å². The van der Waals surface area contributed by atoms with E-state index in [0.29, 0.717) is 17.9 Å². The lowest BCUT2D eigenvalue weighted by atomic mass is 10.2. The molecule has 0 aliphatic carbocycles. The molecule has 3 nitrogen and oxygen atoms in total. The van der Waals surface area contributed by atoms with Crippen LogP contribution in [-0.4, -0.2) is 15.9 Å². The van der Waals surface area contributed by atoms with Crippen LogP contribution in [0.2, 0.25) is 5.15 Å². The molecule has 0 aromatic carbocycles. The highest BCUT2D eigenvalue weighted by atomic mass is 35.5. The molecule has 1 aromatic rings. The highest BCUT2D eigenvalue weighted by Crippen LogP contribution is 2.15. The first-order valence-corrected chi connectivity index (χ1v) is 5.99. The number of carbonyl (C=O) groups excluding carboxylic acids is 1. The number of rotatable bonds is 2. The van der Waals surface area contributed by atoms with Crippen molar-refractivity contribution < 1.29 is 4.79 Å². The first-order chi connectivity index (χ1) is 7.59. The Hall–Kier alpha value is -1.18. The molecule has 0 atom stereocenters. The molecule has 0 amide bonds. The van der Waals surface area contributed by atoms with E-state index in [4.69, 9.17) is 17.3 Å². The van der Waals surface area contributed by atoms with Crippen molar-refractivity contribution >= 4 is 34.2 Å². The number of carbonyl (C=O) groups is 1. The van der Waals surface area contributed by atoms with E-state index >= 15 is 0 Å². The Morgan fingerprint density at radius 3 is 3.06 bits per heavy atom. The molecular weight excluding hydrogens is 244 g/mol. The zero-order valence-corrected chi connectivity index (χ0v) is 10.4. The number of anilines is 1. The van der Waals surface area contributed by atoms with E-state index in [1.54, 1.807) is 19.2 Å². The summed E-state index contributed by atoms with van der Waals surface area (Å²) in [5.41, 5.74) is 6.73. The number of nitrogens with zero attached hydrogens (tertiary/aromatic N) is 1. The highest BCUT2D eigenvalue weighted by Gasteiger charge is 1.96. The number of nitrogens with two attached hydrogens (primary N) is 1. The third-order valence-electron chi connectivity index (χ3n) is 1.63. The molecule has 0 saturated carbocycles. The molecule has 1 rings (SSSR count). The maximum absolute atomic E-state index is 10.6. The van der Waals surface area contributed by atoms with Crippen LogP contribution in [0.5, 0.6) is 0 Å². The van der Waals surface area contributed by atoms with Gasteiger partial charge in [0.15, 0.2) is 10.3 Å². The Kier molecular flexibility index (Phi) is 5.17. The number of hydrogen-bond acceptors (Lipinski definition) is 4. The van der Waals surface area contributed by atoms with Crippen LogP contribution in [0.3, 0.4) is 0 Å². The molecule has 0 unspecified atom stereocenters. The molecule has 5 heteroatoms. The molecule has 0 bridgehead atoms. The van der Waals surface area contributed by atoms with Gasteiger partial charge in [0.2, 0.25) is 0 Å². The van der Waals surface area contributed by atoms with Crippen LogP contribution in [0.15, 0.2) is 12.3 Å². The van der Waals surface area contributed by atoms with Crippen molar-refractivity contribution in [2.24, 2.45) is 0 Å². The second-order valence-corrected chi connectivity index (χ2v) is 4.63. The summed E-state index contributed by atoms with van der Waals surface area (Å²) in [7, 11) is 0. The Bertz CT molecular complexity index is 451. The number of hydrogen-bond donors (Lipinski definition) is 1. The molecule has 1 heterocycles. The largest absolute Gasteiger partial charge is 0.396 e. The highest BCUT2D eigenvalue weighted by molar-refractivity contribution is 8.13. The van der Waals surface area contributed by atoms with Crippen molar-refractivity contribution in [2.45, 2.75) is 13.3 Å². The summed E-state index contributed by atoms with van der Waals surface area (Å²) in [5, 5.41) is 0.400. The van der Waals surface area contributed by atoms with Crippen LogP contribution in [0.25, 0.3) is 0 Å². The number of aromatic nitrogens is 1. The molecule has 0 fully saturated rings. The Morgan fingerprint density at radius 1 is 1.69 bits per heavy atom. The molecule has 0 aliphatic rings. The fraction of sp³-hybridized carbons (Fsp3) is 0.273. The van der Waals surface area contributed by atoms with E-state index in [1.165, 1.54) is 11.8 Å². The quantitative estimate of drug-likeness (QED) is 0.500. The fourth-order valence-corrected chi connectivity index (χ4v) is 1.54. The third kappa shape index (κ3) is 4.56. The van der Waals surface area contributed by atoms with Crippen molar-refractivity contribution in [3.63, 3.8) is 0 Å². The van der Waals surface area contributed by atoms with E-state index in [9.17, 15) is 4.79 Å². The third-order valence-corrected chi connectivity index (χ3v) is 2.76. The van der Waals surface area contributed by atoms with Crippen LogP contribution in [-0.2, 0) is 4.79 Å². The summed E-state index contributed by atoms with van der Waals surface area (Å²) in [6, 6.07) is 1.68. The van der Waals surface area contributed by atoms with Crippen LogP contribution in [0, 0.1) is 11.8 Å². The number of thioether (sulfide) groups is 1. The Balaban J connectivity index is 2.50. The minimum Gasteiger partial charge on any atom is -0.396 e. The first kappa shape index (κ1) is 12.9. The lowest BCUT2D eigenvalue weighted by Gasteiger charge is -1.96. The molecule has 2 N–H and O–H groups in total. The lowest BCUT2D eigenvalue weighted by molar-refractivity contribution is -0.109. The monoisotopic (exact) mass is 254 g/mol. The van der Waals surface area contributed by atoms with Gasteiger partial charge in [0.1, 0.15) is 0 Å². The summed E-state index contributed by atoms with van der Waals surface area (Å²) in [4.78, 5) is 14.5. The zero-order valence-electron chi connectivity index (χ0n) is 8.79. The molecule has 0 radical (unpaired) electrons. The average molecular weight is 255 g/mol. The normalized spacial score (nSPS) is 9.38. The lowest BCUT2D eigenvalue weighted by Crippen LogP contribution is -1.90. The average Bonchev–Trinajstić information content (AvgIpc) is 2.22. The minimum absolute atomic E-state index is 0.110. The summed E-state index contributed by atoms with van der Waals surface area (Å²) in [5.74, 6) is 6.56. The van der Waals surface area contributed by atoms with Gasteiger partial charge in [-0.2, -0.15) is 0 Å². The number of halogens is 1. The molecule has 1 aromatic heterocycles. The topological polar surface area (TPSA) is 56.0 Å². The van der Waals surface area contributed by atoms with Crippen molar-refractivity contribution in [2.75, 3.05) is 11.5 Å². The molecule has 84 valence electrons. The molecule has 0 aliphatic heterocycles. The molecule has 16 heavy (non-hydrogen) atoms. The number of nitrogen functional groups attached to an aromatic ring is 1. The SMILES string of the molecule is CC(=O)SCCC#Cc1cnc(Cl)c(N)c1. The van der Waals surface area contributed by atoms with E-state index in [2.05, 4.69) is 16.8 Å². The minimum atomic E-state index is 0.110. The van der Waals surface area contributed by atoms with Crippen LogP contribution in [0.4, 0.5) is 5.69 Å². The van der Waals surface area contributed by atoms with Crippen LogP contribution < -0.4 is 5.73 Å². The van der Waals surface area contributed by atoms with Crippen LogP contribution >= 0.6 is 23.4 Å². The maximum atomic E-state index is 10.6. The van der Waals surface area contributed by atoms with Gasteiger partial charge in [-0.15, -0.1) is 0 Å². The molecular formula is C11H11ClN2OS. The van der Waals surface area contributed by atoms with Crippen molar-refractivity contribution in [3.8, 4) is 11.8 Å². The van der Waals surface area contributed by atoms with Gasteiger partial charge in [-0.1, -0.05) is 35.2 Å². The zero-order chi connectivity index (χ0) is 12.0. The van der Waals surface area contributed by atoms with E-state index in [0.717, 1.165) is 5.56 Å². The second kappa shape index (κ2) is 6.41. The summed E-state index contributed by atoms with van der Waals surface area (Å²) in [6.45, 7) is 1.54. The first-order valence-electron chi connectivity index (χ1n) is 4.63. The molecule has 0 spiro atoms. The maximum Gasteiger partial charge on any atom is 0.185 e. The van der Waals surface area contributed by atoms with Crippen LogP contribution in [0.1, 0.15) is 18.9 Å². The predicted molar refractivity (Wildman–Crippen MR) is 68.3 cm³/mol. The van der Waals surface area contributed by atoms with E-state index in [-0.39, 0.29) is 10.3 Å². The summed E-state index contributed by atoms with van der Waals surface area (Å²) >= 11 is 6.94. The smallest absolute Gasteiger partial charge is 0.185 e. The van der Waals surface area contributed by atoms with Crippen molar-refractivity contribution in [1.82, 2.24) is 4.98 Å². The van der Waals surface area contributed by atoms with Gasteiger partial charge >= 0.3 is 0 Å². The summed E-state index contributed by atoms with van der Waals surface area (Å²) < 4.78 is 0. The van der Waals surface area contributed by atoms with Gasteiger partial charge < -0.3 is 5.73 Å². The van der Waals surface area contributed by atoms with Crippen molar-refractivity contribution in [1.29, 1.82) is 0 Å². The van der Waals surface area contributed by atoms with Gasteiger partial charge in [-0.05, 0) is 6.07 Å². The van der Waals surface area contributed by atoms with Gasteiger partial charge in [0, 0.05) is 30.9 Å². The van der Waals surface area contributed by atoms with Crippen molar-refractivity contribution in [3.05, 3.63) is 23.0 Å². The van der Waals surface area contributed by atoms with E-state index < -0.39 is 0 Å². The van der Waals surface area contributed by atoms with Gasteiger partial charge in [-0.25, -0.2) is 4.98 Å². The predicted octanol–water partition coefficient (Wildman–Crippen LogP) is 2.34.